The summed E-state index contributed by atoms with van der Waals surface area (Å²) in [6, 6.07) is 10.6. The van der Waals surface area contributed by atoms with Crippen LogP contribution >= 0.6 is 11.6 Å². The number of ether oxygens (including phenoxy) is 2. The maximum Gasteiger partial charge on any atom is 0.331 e. The molecule has 0 atom stereocenters. The largest absolute Gasteiger partial charge is 0.494 e. The maximum atomic E-state index is 13.5. The van der Waals surface area contributed by atoms with Gasteiger partial charge >= 0.3 is 5.97 Å². The van der Waals surface area contributed by atoms with Crippen LogP contribution in [0.15, 0.2) is 48.5 Å². The Morgan fingerprint density at radius 3 is 2.50 bits per heavy atom. The van der Waals surface area contributed by atoms with Crippen molar-refractivity contribution in [1.82, 2.24) is 0 Å². The highest BCUT2D eigenvalue weighted by molar-refractivity contribution is 6.30. The van der Waals surface area contributed by atoms with E-state index in [0.717, 1.165) is 11.6 Å². The number of halogens is 2. The van der Waals surface area contributed by atoms with Crippen LogP contribution in [0, 0.1) is 5.82 Å². The standard InChI is InChI=1S/C18H14ClFO4/c1-23-17-8-5-13(10-15(17)20)16(21)11-24-18(22)9-4-12-2-6-14(19)7-3-12/h2-10H,11H2,1H3/b9-4+. The minimum atomic E-state index is -0.674. The number of rotatable bonds is 6. The number of Topliss-reactive ketones (excluding diaryl/α,β-unsaturated/α-hetero) is 1. The van der Waals surface area contributed by atoms with Gasteiger partial charge in [-0.05, 0) is 42.0 Å². The van der Waals surface area contributed by atoms with Gasteiger partial charge in [-0.1, -0.05) is 23.7 Å². The van der Waals surface area contributed by atoms with Crippen molar-refractivity contribution in [2.75, 3.05) is 13.7 Å². The number of carbonyl (C=O) groups is 2. The van der Waals surface area contributed by atoms with Gasteiger partial charge in [0, 0.05) is 16.7 Å². The van der Waals surface area contributed by atoms with Crippen LogP contribution in [-0.4, -0.2) is 25.5 Å². The molecule has 124 valence electrons. The first-order chi connectivity index (χ1) is 11.5. The van der Waals surface area contributed by atoms with Crippen LogP contribution in [0.2, 0.25) is 5.02 Å². The first-order valence-corrected chi connectivity index (χ1v) is 7.34. The number of hydrogen-bond donors (Lipinski definition) is 0. The Morgan fingerprint density at radius 2 is 1.88 bits per heavy atom. The normalized spacial score (nSPS) is 10.6. The third kappa shape index (κ3) is 4.93. The summed E-state index contributed by atoms with van der Waals surface area (Å²) in [6.07, 6.45) is 2.74. The van der Waals surface area contributed by atoms with Gasteiger partial charge in [0.25, 0.3) is 0 Å². The van der Waals surface area contributed by atoms with Crippen molar-refractivity contribution in [3.8, 4) is 5.75 Å². The Balaban J connectivity index is 1.90. The van der Waals surface area contributed by atoms with Gasteiger partial charge in [-0.2, -0.15) is 0 Å². The zero-order chi connectivity index (χ0) is 17.5. The number of carbonyl (C=O) groups excluding carboxylic acids is 2. The molecule has 4 nitrogen and oxygen atoms in total. The lowest BCUT2D eigenvalue weighted by Crippen LogP contribution is -2.12. The van der Waals surface area contributed by atoms with E-state index >= 15 is 0 Å². The molecule has 0 aliphatic heterocycles. The number of hydrogen-bond acceptors (Lipinski definition) is 4. The van der Waals surface area contributed by atoms with E-state index in [1.807, 2.05) is 0 Å². The Labute approximate surface area is 143 Å². The number of ketones is 1. The molecule has 0 N–H and O–H groups in total. The number of esters is 1. The number of benzene rings is 2. The molecule has 0 amide bonds. The molecule has 2 aromatic rings. The topological polar surface area (TPSA) is 52.6 Å². The fraction of sp³-hybridized carbons (Fsp3) is 0.111. The molecular formula is C18H14ClFO4. The van der Waals surface area contributed by atoms with Crippen molar-refractivity contribution in [3.05, 3.63) is 70.5 Å². The van der Waals surface area contributed by atoms with Crippen molar-refractivity contribution < 1.29 is 23.5 Å². The minimum absolute atomic E-state index is 0.0365. The Bertz CT molecular complexity index is 769. The Hall–Kier alpha value is -2.66. The van der Waals surface area contributed by atoms with E-state index in [2.05, 4.69) is 0 Å². The van der Waals surface area contributed by atoms with Crippen molar-refractivity contribution >= 4 is 29.4 Å². The highest BCUT2D eigenvalue weighted by Crippen LogP contribution is 2.18. The van der Waals surface area contributed by atoms with Gasteiger partial charge in [-0.3, -0.25) is 4.79 Å². The summed E-state index contributed by atoms with van der Waals surface area (Å²) >= 11 is 5.76. The lowest BCUT2D eigenvalue weighted by molar-refractivity contribution is -0.136. The molecule has 6 heteroatoms. The monoisotopic (exact) mass is 348 g/mol. The van der Waals surface area contributed by atoms with Crippen molar-refractivity contribution in [2.24, 2.45) is 0 Å². The smallest absolute Gasteiger partial charge is 0.331 e. The lowest BCUT2D eigenvalue weighted by Gasteiger charge is -2.05. The van der Waals surface area contributed by atoms with Gasteiger partial charge in [-0.15, -0.1) is 0 Å². The van der Waals surface area contributed by atoms with Gasteiger partial charge in [0.1, 0.15) is 0 Å². The SMILES string of the molecule is COc1ccc(C(=O)COC(=O)/C=C/c2ccc(Cl)cc2)cc1F. The van der Waals surface area contributed by atoms with Gasteiger partial charge in [0.15, 0.2) is 24.0 Å². The summed E-state index contributed by atoms with van der Waals surface area (Å²) in [7, 11) is 1.33. The molecular weight excluding hydrogens is 335 g/mol. The molecule has 0 bridgehead atoms. The molecule has 24 heavy (non-hydrogen) atoms. The van der Waals surface area contributed by atoms with Crippen LogP contribution < -0.4 is 4.74 Å². The summed E-state index contributed by atoms with van der Waals surface area (Å²) in [5.41, 5.74) is 0.864. The van der Waals surface area contributed by atoms with E-state index < -0.39 is 24.2 Å². The van der Waals surface area contributed by atoms with Gasteiger partial charge < -0.3 is 9.47 Å². The summed E-state index contributed by atoms with van der Waals surface area (Å²) in [6.45, 7) is -0.477. The van der Waals surface area contributed by atoms with E-state index in [1.165, 1.54) is 31.4 Å². The molecule has 2 aromatic carbocycles. The molecule has 0 aliphatic carbocycles. The van der Waals surface area contributed by atoms with Crippen LogP contribution in [0.1, 0.15) is 15.9 Å². The van der Waals surface area contributed by atoms with E-state index in [9.17, 15) is 14.0 Å². The second-order valence-corrected chi connectivity index (χ2v) is 5.20. The fourth-order valence-corrected chi connectivity index (χ4v) is 1.97. The molecule has 0 saturated carbocycles. The average Bonchev–Trinajstić information content (AvgIpc) is 2.59. The molecule has 0 unspecified atom stereocenters. The molecule has 0 saturated heterocycles. The second kappa shape index (κ2) is 8.26. The average molecular weight is 349 g/mol. The van der Waals surface area contributed by atoms with E-state index in [-0.39, 0.29) is 11.3 Å². The predicted molar refractivity (Wildman–Crippen MR) is 88.7 cm³/mol. The Kier molecular flexibility index (Phi) is 6.09. The molecule has 2 rings (SSSR count). The zero-order valence-corrected chi connectivity index (χ0v) is 13.5. The van der Waals surface area contributed by atoms with Gasteiger partial charge in [-0.25, -0.2) is 9.18 Å². The molecule has 0 heterocycles. The first kappa shape index (κ1) is 17.7. The Morgan fingerprint density at radius 1 is 1.17 bits per heavy atom. The van der Waals surface area contributed by atoms with E-state index in [1.54, 1.807) is 24.3 Å². The molecule has 0 spiro atoms. The lowest BCUT2D eigenvalue weighted by atomic mass is 10.1. The van der Waals surface area contributed by atoms with Crippen LogP contribution in [0.25, 0.3) is 6.08 Å². The summed E-state index contributed by atoms with van der Waals surface area (Å²) < 4.78 is 23.2. The quantitative estimate of drug-likeness (QED) is 0.451. The van der Waals surface area contributed by atoms with E-state index in [0.29, 0.717) is 5.02 Å². The number of methoxy groups -OCH3 is 1. The van der Waals surface area contributed by atoms with Crippen molar-refractivity contribution in [3.63, 3.8) is 0 Å². The highest BCUT2D eigenvalue weighted by Gasteiger charge is 2.11. The first-order valence-electron chi connectivity index (χ1n) is 6.97. The molecule has 0 aromatic heterocycles. The molecule has 0 fully saturated rings. The minimum Gasteiger partial charge on any atom is -0.494 e. The third-order valence-corrected chi connectivity index (χ3v) is 3.35. The second-order valence-electron chi connectivity index (χ2n) is 4.77. The third-order valence-electron chi connectivity index (χ3n) is 3.10. The highest BCUT2D eigenvalue weighted by atomic mass is 35.5. The van der Waals surface area contributed by atoms with E-state index in [4.69, 9.17) is 21.1 Å². The van der Waals surface area contributed by atoms with Crippen LogP contribution in [0.4, 0.5) is 4.39 Å². The molecule has 0 radical (unpaired) electrons. The zero-order valence-electron chi connectivity index (χ0n) is 12.8. The van der Waals surface area contributed by atoms with Crippen LogP contribution in [-0.2, 0) is 9.53 Å². The van der Waals surface area contributed by atoms with Crippen LogP contribution in [0.5, 0.6) is 5.75 Å². The summed E-state index contributed by atoms with van der Waals surface area (Å²) in [4.78, 5) is 23.5. The van der Waals surface area contributed by atoms with Crippen LogP contribution in [0.3, 0.4) is 0 Å². The molecule has 0 aliphatic rings. The summed E-state index contributed by atoms with van der Waals surface area (Å²) in [5.74, 6) is -1.80. The predicted octanol–water partition coefficient (Wildman–Crippen LogP) is 3.93. The van der Waals surface area contributed by atoms with Crippen molar-refractivity contribution in [2.45, 2.75) is 0 Å². The van der Waals surface area contributed by atoms with Gasteiger partial charge in [0.2, 0.25) is 0 Å². The maximum absolute atomic E-state index is 13.5. The fourth-order valence-electron chi connectivity index (χ4n) is 1.85. The summed E-state index contributed by atoms with van der Waals surface area (Å²) in [5, 5.41) is 0.590. The van der Waals surface area contributed by atoms with Gasteiger partial charge in [0.05, 0.1) is 7.11 Å². The van der Waals surface area contributed by atoms with Crippen molar-refractivity contribution in [1.29, 1.82) is 0 Å².